The van der Waals surface area contributed by atoms with Crippen LogP contribution in [0.15, 0.2) is 78.9 Å². The molecule has 35 heavy (non-hydrogen) atoms. The molecule has 4 rings (SSSR count). The third-order valence-corrected chi connectivity index (χ3v) is 5.96. The fourth-order valence-corrected chi connectivity index (χ4v) is 4.05. The van der Waals surface area contributed by atoms with Crippen LogP contribution in [0.2, 0.25) is 0 Å². The standard InChI is InChI=1S/C28H30FN3O3/c29-25-8-4-5-23(19-25)21-32(28(34)24-6-2-1-3-7-24)26-11-9-22(10-12-26)20-27(33)30-13-14-31-15-17-35-18-16-31/h1-12,19H,13-18,20-21H2,(H,30,33). The van der Waals surface area contributed by atoms with E-state index in [9.17, 15) is 14.0 Å². The van der Waals surface area contributed by atoms with Gasteiger partial charge in [-0.2, -0.15) is 0 Å². The average Bonchev–Trinajstić information content (AvgIpc) is 2.89. The minimum atomic E-state index is -0.343. The maximum Gasteiger partial charge on any atom is 0.258 e. The van der Waals surface area contributed by atoms with Crippen molar-refractivity contribution in [1.82, 2.24) is 10.2 Å². The van der Waals surface area contributed by atoms with Gasteiger partial charge >= 0.3 is 0 Å². The van der Waals surface area contributed by atoms with E-state index < -0.39 is 0 Å². The Kier molecular flexibility index (Phi) is 8.59. The Morgan fingerprint density at radius 2 is 1.66 bits per heavy atom. The highest BCUT2D eigenvalue weighted by Gasteiger charge is 2.19. The third kappa shape index (κ3) is 7.21. The molecule has 0 saturated carbocycles. The summed E-state index contributed by atoms with van der Waals surface area (Å²) >= 11 is 0. The van der Waals surface area contributed by atoms with Gasteiger partial charge in [-0.3, -0.25) is 14.5 Å². The number of hydrogen-bond acceptors (Lipinski definition) is 4. The van der Waals surface area contributed by atoms with Gasteiger partial charge in [0.1, 0.15) is 5.82 Å². The monoisotopic (exact) mass is 475 g/mol. The normalized spacial score (nSPS) is 13.9. The van der Waals surface area contributed by atoms with Crippen LogP contribution >= 0.6 is 0 Å². The molecule has 1 aliphatic heterocycles. The maximum absolute atomic E-state index is 13.8. The molecule has 182 valence electrons. The fourth-order valence-electron chi connectivity index (χ4n) is 4.05. The van der Waals surface area contributed by atoms with E-state index in [0.717, 1.165) is 38.4 Å². The molecule has 0 aliphatic carbocycles. The van der Waals surface area contributed by atoms with E-state index >= 15 is 0 Å². The number of amides is 2. The summed E-state index contributed by atoms with van der Waals surface area (Å²) in [6, 6.07) is 22.6. The summed E-state index contributed by atoms with van der Waals surface area (Å²) in [5.74, 6) is -0.559. The van der Waals surface area contributed by atoms with Crippen molar-refractivity contribution in [2.75, 3.05) is 44.3 Å². The highest BCUT2D eigenvalue weighted by Crippen LogP contribution is 2.22. The molecule has 0 aromatic heterocycles. The van der Waals surface area contributed by atoms with Gasteiger partial charge in [0.2, 0.25) is 5.91 Å². The van der Waals surface area contributed by atoms with E-state index in [1.165, 1.54) is 12.1 Å². The van der Waals surface area contributed by atoms with Gasteiger partial charge in [-0.1, -0.05) is 42.5 Å². The highest BCUT2D eigenvalue weighted by atomic mass is 19.1. The van der Waals surface area contributed by atoms with Crippen LogP contribution < -0.4 is 10.2 Å². The summed E-state index contributed by atoms with van der Waals surface area (Å²) in [6.45, 7) is 4.91. The number of halogens is 1. The molecule has 0 radical (unpaired) electrons. The Morgan fingerprint density at radius 1 is 0.914 bits per heavy atom. The molecule has 0 bridgehead atoms. The number of anilines is 1. The van der Waals surface area contributed by atoms with Crippen molar-refractivity contribution in [3.63, 3.8) is 0 Å². The number of benzene rings is 3. The Morgan fingerprint density at radius 3 is 2.37 bits per heavy atom. The van der Waals surface area contributed by atoms with Crippen molar-refractivity contribution >= 4 is 17.5 Å². The molecule has 1 aliphatic rings. The van der Waals surface area contributed by atoms with Crippen LogP contribution in [0.4, 0.5) is 10.1 Å². The minimum absolute atomic E-state index is 0.0389. The molecular weight excluding hydrogens is 445 g/mol. The van der Waals surface area contributed by atoms with Crippen LogP contribution in [0.25, 0.3) is 0 Å². The second-order valence-corrected chi connectivity index (χ2v) is 8.53. The van der Waals surface area contributed by atoms with Gasteiger partial charge in [-0.25, -0.2) is 4.39 Å². The van der Waals surface area contributed by atoms with Crippen LogP contribution in [0.3, 0.4) is 0 Å². The lowest BCUT2D eigenvalue weighted by Crippen LogP contribution is -2.41. The number of hydrogen-bond donors (Lipinski definition) is 1. The number of carbonyl (C=O) groups is 2. The van der Waals surface area contributed by atoms with E-state index in [1.807, 2.05) is 42.5 Å². The van der Waals surface area contributed by atoms with Gasteiger partial charge in [0.25, 0.3) is 5.91 Å². The fraction of sp³-hybridized carbons (Fsp3) is 0.286. The molecule has 0 unspecified atom stereocenters. The number of ether oxygens (including phenoxy) is 1. The van der Waals surface area contributed by atoms with Gasteiger partial charge in [0.05, 0.1) is 26.2 Å². The Labute approximate surface area is 205 Å². The molecule has 7 heteroatoms. The van der Waals surface area contributed by atoms with Crippen molar-refractivity contribution in [3.05, 3.63) is 101 Å². The summed E-state index contributed by atoms with van der Waals surface area (Å²) in [7, 11) is 0. The summed E-state index contributed by atoms with van der Waals surface area (Å²) in [4.78, 5) is 29.6. The van der Waals surface area contributed by atoms with Crippen LogP contribution in [-0.2, 0) is 22.5 Å². The number of morpholine rings is 1. The largest absolute Gasteiger partial charge is 0.379 e. The lowest BCUT2D eigenvalue weighted by molar-refractivity contribution is -0.120. The molecule has 1 fully saturated rings. The summed E-state index contributed by atoms with van der Waals surface area (Å²) in [6.07, 6.45) is 0.264. The molecule has 1 saturated heterocycles. The van der Waals surface area contributed by atoms with Crippen LogP contribution in [0.1, 0.15) is 21.5 Å². The third-order valence-electron chi connectivity index (χ3n) is 5.96. The van der Waals surface area contributed by atoms with E-state index in [-0.39, 0.29) is 30.6 Å². The van der Waals surface area contributed by atoms with Crippen molar-refractivity contribution in [1.29, 1.82) is 0 Å². The molecule has 1 N–H and O–H groups in total. The molecule has 0 spiro atoms. The zero-order valence-corrected chi connectivity index (χ0v) is 19.7. The zero-order valence-electron chi connectivity index (χ0n) is 19.7. The van der Waals surface area contributed by atoms with Gasteiger partial charge in [-0.15, -0.1) is 0 Å². The Balaban J connectivity index is 1.41. The second kappa shape index (κ2) is 12.2. The van der Waals surface area contributed by atoms with Gasteiger partial charge < -0.3 is 15.0 Å². The summed E-state index contributed by atoms with van der Waals surface area (Å²) in [5, 5.41) is 2.97. The summed E-state index contributed by atoms with van der Waals surface area (Å²) in [5.41, 5.74) is 2.78. The minimum Gasteiger partial charge on any atom is -0.379 e. The van der Waals surface area contributed by atoms with E-state index in [1.54, 1.807) is 29.2 Å². The van der Waals surface area contributed by atoms with E-state index in [4.69, 9.17) is 4.74 Å². The smallest absolute Gasteiger partial charge is 0.258 e. The topological polar surface area (TPSA) is 61.9 Å². The molecule has 3 aromatic rings. The van der Waals surface area contributed by atoms with Crippen molar-refractivity contribution in [2.24, 2.45) is 0 Å². The average molecular weight is 476 g/mol. The second-order valence-electron chi connectivity index (χ2n) is 8.53. The molecule has 3 aromatic carbocycles. The van der Waals surface area contributed by atoms with Crippen molar-refractivity contribution < 1.29 is 18.7 Å². The first-order chi connectivity index (χ1) is 17.1. The molecule has 2 amide bonds. The predicted octanol–water partition coefficient (Wildman–Crippen LogP) is 3.66. The number of rotatable bonds is 9. The van der Waals surface area contributed by atoms with Crippen molar-refractivity contribution in [2.45, 2.75) is 13.0 Å². The van der Waals surface area contributed by atoms with Gasteiger partial charge in [-0.05, 0) is 47.5 Å². The van der Waals surface area contributed by atoms with Crippen LogP contribution in [0, 0.1) is 5.82 Å². The van der Waals surface area contributed by atoms with E-state index in [0.29, 0.717) is 23.4 Å². The number of nitrogens with zero attached hydrogens (tertiary/aromatic N) is 2. The first-order valence-corrected chi connectivity index (χ1v) is 11.9. The molecule has 0 atom stereocenters. The lowest BCUT2D eigenvalue weighted by atomic mass is 10.1. The first-order valence-electron chi connectivity index (χ1n) is 11.9. The first kappa shape index (κ1) is 24.6. The quantitative estimate of drug-likeness (QED) is 0.513. The van der Waals surface area contributed by atoms with Crippen LogP contribution in [-0.4, -0.2) is 56.1 Å². The lowest BCUT2D eigenvalue weighted by Gasteiger charge is -2.26. The van der Waals surface area contributed by atoms with Crippen molar-refractivity contribution in [3.8, 4) is 0 Å². The van der Waals surface area contributed by atoms with Gasteiger partial charge in [0.15, 0.2) is 0 Å². The van der Waals surface area contributed by atoms with E-state index in [2.05, 4.69) is 10.2 Å². The Hall–Kier alpha value is -3.55. The molecule has 6 nitrogen and oxygen atoms in total. The molecular formula is C28H30FN3O3. The molecule has 1 heterocycles. The predicted molar refractivity (Wildman–Crippen MR) is 134 cm³/mol. The number of nitrogens with one attached hydrogen (secondary N) is 1. The summed E-state index contributed by atoms with van der Waals surface area (Å²) < 4.78 is 19.1. The number of carbonyl (C=O) groups excluding carboxylic acids is 2. The zero-order chi connectivity index (χ0) is 24.5. The van der Waals surface area contributed by atoms with Gasteiger partial charge in [0, 0.05) is 37.4 Å². The SMILES string of the molecule is O=C(Cc1ccc(N(Cc2cccc(F)c2)C(=O)c2ccccc2)cc1)NCCN1CCOCC1. The van der Waals surface area contributed by atoms with Crippen LogP contribution in [0.5, 0.6) is 0 Å². The maximum atomic E-state index is 13.8. The Bertz CT molecular complexity index is 1120. The highest BCUT2D eigenvalue weighted by molar-refractivity contribution is 6.06.